The van der Waals surface area contributed by atoms with Crippen LogP contribution in [0.5, 0.6) is 5.75 Å². The van der Waals surface area contributed by atoms with E-state index in [4.69, 9.17) is 14.6 Å². The monoisotopic (exact) mass is 341 g/mol. The number of rotatable bonds is 3. The van der Waals surface area contributed by atoms with Gasteiger partial charge >= 0.3 is 5.97 Å². The molecule has 0 spiro atoms. The molecule has 20 heavy (non-hydrogen) atoms. The van der Waals surface area contributed by atoms with Crippen LogP contribution in [0.3, 0.4) is 0 Å². The smallest absolute Gasteiger partial charge is 0.334 e. The van der Waals surface area contributed by atoms with Gasteiger partial charge in [0.05, 0.1) is 6.61 Å². The Labute approximate surface area is 125 Å². The minimum atomic E-state index is -0.894. The van der Waals surface area contributed by atoms with Crippen molar-refractivity contribution in [2.24, 2.45) is 0 Å². The molecule has 6 heteroatoms. The number of ether oxygens (including phenoxy) is 2. The fourth-order valence-corrected chi connectivity index (χ4v) is 3.11. The average molecular weight is 342 g/mol. The molecule has 0 aliphatic carbocycles. The maximum atomic E-state index is 11.0. The number of hydrogen-bond acceptors (Lipinski definition) is 4. The summed E-state index contributed by atoms with van der Waals surface area (Å²) in [7, 11) is 0. The second-order valence-electron chi connectivity index (χ2n) is 5.15. The lowest BCUT2D eigenvalue weighted by Gasteiger charge is -2.32. The lowest BCUT2D eigenvalue weighted by Crippen LogP contribution is -2.49. The van der Waals surface area contributed by atoms with Gasteiger partial charge in [0.2, 0.25) is 0 Å². The Kier molecular flexibility index (Phi) is 3.96. The highest BCUT2D eigenvalue weighted by atomic mass is 79.9. The van der Waals surface area contributed by atoms with Crippen LogP contribution in [0.15, 0.2) is 22.7 Å². The highest BCUT2D eigenvalue weighted by Crippen LogP contribution is 2.31. The molecule has 1 saturated heterocycles. The van der Waals surface area contributed by atoms with Crippen LogP contribution < -0.4 is 4.74 Å². The maximum Gasteiger partial charge on any atom is 0.334 e. The van der Waals surface area contributed by atoms with Crippen LogP contribution in [0.4, 0.5) is 0 Å². The Morgan fingerprint density at radius 1 is 1.50 bits per heavy atom. The summed E-state index contributed by atoms with van der Waals surface area (Å²) in [5, 5.41) is 9.00. The first-order chi connectivity index (χ1) is 9.61. The van der Waals surface area contributed by atoms with Gasteiger partial charge in [-0.3, -0.25) is 4.90 Å². The molecule has 0 aromatic heterocycles. The second kappa shape index (κ2) is 5.71. The van der Waals surface area contributed by atoms with Crippen molar-refractivity contribution < 1.29 is 19.4 Å². The van der Waals surface area contributed by atoms with Gasteiger partial charge in [0.25, 0.3) is 0 Å². The summed E-state index contributed by atoms with van der Waals surface area (Å²) in [6.07, 6.45) is 0.234. The first-order valence-corrected chi connectivity index (χ1v) is 7.43. The Bertz CT molecular complexity index is 522. The van der Waals surface area contributed by atoms with E-state index in [9.17, 15) is 4.79 Å². The summed E-state index contributed by atoms with van der Waals surface area (Å²) < 4.78 is 12.2. The number of morpholine rings is 1. The van der Waals surface area contributed by atoms with Gasteiger partial charge in [0, 0.05) is 30.5 Å². The molecule has 1 aromatic rings. The van der Waals surface area contributed by atoms with Crippen LogP contribution >= 0.6 is 15.9 Å². The molecule has 0 radical (unpaired) electrons. The summed E-state index contributed by atoms with van der Waals surface area (Å²) in [5.74, 6) is 0.0375. The summed E-state index contributed by atoms with van der Waals surface area (Å²) in [6.45, 7) is 2.38. The normalized spacial score (nSPS) is 26.1. The number of hydrogen-bond donors (Lipinski definition) is 1. The minimum Gasteiger partial charge on any atom is -0.488 e. The number of carboxylic acid groups (broad SMARTS) is 1. The van der Waals surface area contributed by atoms with E-state index in [1.54, 1.807) is 0 Å². The van der Waals surface area contributed by atoms with Crippen molar-refractivity contribution in [3.8, 4) is 5.75 Å². The van der Waals surface area contributed by atoms with Crippen molar-refractivity contribution in [3.63, 3.8) is 0 Å². The number of carbonyl (C=O) groups is 1. The van der Waals surface area contributed by atoms with Crippen molar-refractivity contribution in [3.05, 3.63) is 28.2 Å². The van der Waals surface area contributed by atoms with E-state index in [1.807, 2.05) is 12.1 Å². The number of aliphatic carboxylic acids is 1. The largest absolute Gasteiger partial charge is 0.488 e. The van der Waals surface area contributed by atoms with Crippen LogP contribution in [0.25, 0.3) is 0 Å². The third-order valence-corrected chi connectivity index (χ3v) is 4.14. The lowest BCUT2D eigenvalue weighted by molar-refractivity contribution is -0.156. The standard InChI is InChI=1S/C14H16BrNO4/c15-10-1-2-12-9(5-10)6-11(20-12)7-16-3-4-19-13(8-16)14(17)18/h1-2,5,11,13H,3-4,6-8H2,(H,17,18). The van der Waals surface area contributed by atoms with E-state index < -0.39 is 12.1 Å². The lowest BCUT2D eigenvalue weighted by atomic mass is 10.1. The summed E-state index contributed by atoms with van der Waals surface area (Å²) >= 11 is 3.46. The molecule has 2 aliphatic rings. The first kappa shape index (κ1) is 13.9. The van der Waals surface area contributed by atoms with Crippen molar-refractivity contribution in [1.29, 1.82) is 0 Å². The third kappa shape index (κ3) is 2.97. The first-order valence-electron chi connectivity index (χ1n) is 6.63. The van der Waals surface area contributed by atoms with Gasteiger partial charge in [-0.05, 0) is 23.8 Å². The van der Waals surface area contributed by atoms with Gasteiger partial charge in [-0.1, -0.05) is 15.9 Å². The zero-order valence-electron chi connectivity index (χ0n) is 10.9. The van der Waals surface area contributed by atoms with Gasteiger partial charge in [0.1, 0.15) is 11.9 Å². The Morgan fingerprint density at radius 2 is 2.35 bits per heavy atom. The fourth-order valence-electron chi connectivity index (χ4n) is 2.70. The van der Waals surface area contributed by atoms with Crippen molar-refractivity contribution in [2.75, 3.05) is 26.2 Å². The van der Waals surface area contributed by atoms with Crippen LogP contribution in [0, 0.1) is 0 Å². The van der Waals surface area contributed by atoms with Crippen LogP contribution in [-0.2, 0) is 16.0 Å². The van der Waals surface area contributed by atoms with E-state index in [0.717, 1.165) is 29.7 Å². The van der Waals surface area contributed by atoms with Gasteiger partial charge in [-0.2, -0.15) is 0 Å². The van der Waals surface area contributed by atoms with Gasteiger partial charge in [0.15, 0.2) is 6.10 Å². The highest BCUT2D eigenvalue weighted by molar-refractivity contribution is 9.10. The molecule has 1 fully saturated rings. The summed E-state index contributed by atoms with van der Waals surface area (Å²) in [5.41, 5.74) is 1.20. The maximum absolute atomic E-state index is 11.0. The van der Waals surface area contributed by atoms with Gasteiger partial charge in [-0.15, -0.1) is 0 Å². The molecule has 0 amide bonds. The summed E-state index contributed by atoms with van der Waals surface area (Å²) in [4.78, 5) is 13.1. The average Bonchev–Trinajstić information content (AvgIpc) is 2.80. The zero-order chi connectivity index (χ0) is 14.1. The predicted molar refractivity (Wildman–Crippen MR) is 76.1 cm³/mol. The number of nitrogens with zero attached hydrogens (tertiary/aromatic N) is 1. The van der Waals surface area contributed by atoms with Crippen molar-refractivity contribution in [1.82, 2.24) is 4.90 Å². The molecule has 2 heterocycles. The van der Waals surface area contributed by atoms with Crippen molar-refractivity contribution >= 4 is 21.9 Å². The van der Waals surface area contributed by atoms with Crippen LogP contribution in [0.2, 0.25) is 0 Å². The molecule has 2 atom stereocenters. The predicted octanol–water partition coefficient (Wildman–Crippen LogP) is 1.54. The highest BCUT2D eigenvalue weighted by Gasteiger charge is 2.30. The molecule has 2 unspecified atom stereocenters. The molecular formula is C14H16BrNO4. The molecule has 0 bridgehead atoms. The minimum absolute atomic E-state index is 0.0897. The second-order valence-corrected chi connectivity index (χ2v) is 6.07. The molecule has 1 N–H and O–H groups in total. The molecule has 3 rings (SSSR count). The number of fused-ring (bicyclic) bond motifs is 1. The van der Waals surface area contributed by atoms with E-state index in [0.29, 0.717) is 13.2 Å². The van der Waals surface area contributed by atoms with E-state index in [1.165, 1.54) is 5.56 Å². The topological polar surface area (TPSA) is 59.0 Å². The van der Waals surface area contributed by atoms with Crippen LogP contribution in [0.1, 0.15) is 5.56 Å². The van der Waals surface area contributed by atoms with Crippen molar-refractivity contribution in [2.45, 2.75) is 18.6 Å². The molecular weight excluding hydrogens is 326 g/mol. The van der Waals surface area contributed by atoms with Crippen LogP contribution in [-0.4, -0.2) is 54.4 Å². The number of halogens is 1. The molecule has 1 aromatic carbocycles. The molecule has 2 aliphatic heterocycles. The number of benzene rings is 1. The number of carboxylic acids is 1. The molecule has 5 nitrogen and oxygen atoms in total. The Morgan fingerprint density at radius 3 is 3.15 bits per heavy atom. The molecule has 108 valence electrons. The zero-order valence-corrected chi connectivity index (χ0v) is 12.5. The fraction of sp³-hybridized carbons (Fsp3) is 0.500. The SMILES string of the molecule is O=C(O)C1CN(CC2Cc3cc(Br)ccc3O2)CCO1. The van der Waals surface area contributed by atoms with Gasteiger partial charge in [-0.25, -0.2) is 4.79 Å². The van der Waals surface area contributed by atoms with Gasteiger partial charge < -0.3 is 14.6 Å². The van der Waals surface area contributed by atoms with E-state index in [2.05, 4.69) is 26.9 Å². The Balaban J connectivity index is 1.59. The molecule has 0 saturated carbocycles. The van der Waals surface area contributed by atoms with E-state index in [-0.39, 0.29) is 6.10 Å². The summed E-state index contributed by atoms with van der Waals surface area (Å²) in [6, 6.07) is 6.02. The van der Waals surface area contributed by atoms with E-state index >= 15 is 0 Å². The Hall–Kier alpha value is -1.11. The third-order valence-electron chi connectivity index (χ3n) is 3.65. The quantitative estimate of drug-likeness (QED) is 0.903.